The Morgan fingerprint density at radius 1 is 0.663 bits per heavy atom. The number of Topliss-reactive ketones (excluding diaryl/α,β-unsaturated/α-hetero) is 1. The number of rotatable bonds is 37. The summed E-state index contributed by atoms with van der Waals surface area (Å²) in [5.41, 5.74) is 6.32. The van der Waals surface area contributed by atoms with Gasteiger partial charge in [-0.1, -0.05) is 88.7 Å². The van der Waals surface area contributed by atoms with E-state index in [-0.39, 0.29) is 84.5 Å². The molecule has 2 aliphatic heterocycles. The number of ketones is 2. The second-order valence-electron chi connectivity index (χ2n) is 23.1. The number of nitrogens with two attached hydrogens (primary N) is 1. The molecule has 0 saturated carbocycles. The molecule has 4 rings (SSSR count). The monoisotopic (exact) mass is 1180 g/mol. The molecule has 0 aliphatic carbocycles. The van der Waals surface area contributed by atoms with Crippen LogP contribution in [-0.4, -0.2) is 165 Å². The van der Waals surface area contributed by atoms with Gasteiger partial charge >= 0.3 is 12.0 Å². The molecule has 2 aliphatic rings. The zero-order chi connectivity index (χ0) is 61.6. The summed E-state index contributed by atoms with van der Waals surface area (Å²) < 4.78 is 0. The van der Waals surface area contributed by atoms with E-state index in [0.29, 0.717) is 61.8 Å². The zero-order valence-electron chi connectivity index (χ0n) is 49.3. The number of nitrogens with one attached hydrogen (secondary N) is 9. The molecule has 2 aromatic carbocycles. The standard InChI is InChI=1S/C59H90N10O13S/c1-34(2)30-44(56(80)81)65-51(75)42(21-14-16-28-60)63-52(76)43(31-38-24-26-40(27-25-38)50(74)39-18-10-9-11-19-39)64-55(79)49(37(6)71)67-53(77)47(35(3)4)66-54(78)48(36(5)70)62-32-41(72)20-15-17-29-61-46(73)23-13-12-22-45-59(8)58(7,33-83-45)68-57(82)69-59/h9-11,18-19,24-27,34-37,42-45,47-49,62,70-71H,12-17,20-23,28-33,60H2,1-8H3,(H,61,73)(H,63,76)(H,64,79)(H,65,75)(H,66,78)(H,67,77)(H,80,81)(H2,68,69,82)/t36-,37-,42+,43+,44+,45+,47+,48+,49+,58+,59-/m1/s1. The third kappa shape index (κ3) is 21.0. The van der Waals surface area contributed by atoms with Gasteiger partial charge in [0.25, 0.3) is 0 Å². The Morgan fingerprint density at radius 3 is 1.86 bits per heavy atom. The van der Waals surface area contributed by atoms with Gasteiger partial charge in [0.1, 0.15) is 42.0 Å². The second-order valence-corrected chi connectivity index (χ2v) is 24.3. The Labute approximate surface area is 491 Å². The first-order valence-electron chi connectivity index (χ1n) is 28.9. The third-order valence-corrected chi connectivity index (χ3v) is 17.1. The summed E-state index contributed by atoms with van der Waals surface area (Å²) in [5.74, 6) is -6.19. The van der Waals surface area contributed by atoms with E-state index in [1.165, 1.54) is 13.8 Å². The molecule has 2 saturated heterocycles. The van der Waals surface area contributed by atoms with Crippen LogP contribution in [-0.2, 0) is 44.8 Å². The highest BCUT2D eigenvalue weighted by Crippen LogP contribution is 2.47. The van der Waals surface area contributed by atoms with E-state index in [2.05, 4.69) is 61.7 Å². The fourth-order valence-electron chi connectivity index (χ4n) is 10.1. The lowest BCUT2D eigenvalue weighted by molar-refractivity contribution is -0.143. The number of aliphatic hydroxyl groups excluding tert-OH is 2. The topological polar surface area (TPSA) is 366 Å². The minimum absolute atomic E-state index is 0.0592. The summed E-state index contributed by atoms with van der Waals surface area (Å²) in [6.45, 7) is 13.9. The van der Waals surface area contributed by atoms with Crippen molar-refractivity contribution in [2.24, 2.45) is 17.6 Å². The Bertz CT molecular complexity index is 2540. The number of unbranched alkanes of at least 4 members (excludes halogenated alkanes) is 3. The van der Waals surface area contributed by atoms with Crippen LogP contribution in [0.2, 0.25) is 0 Å². The van der Waals surface area contributed by atoms with Crippen molar-refractivity contribution < 1.29 is 63.3 Å². The van der Waals surface area contributed by atoms with E-state index in [9.17, 15) is 63.3 Å². The van der Waals surface area contributed by atoms with Crippen LogP contribution in [0, 0.1) is 11.8 Å². The maximum atomic E-state index is 14.4. The van der Waals surface area contributed by atoms with Gasteiger partial charge in [0.05, 0.1) is 29.8 Å². The highest BCUT2D eigenvalue weighted by Gasteiger charge is 2.60. The number of hydrogen-bond donors (Lipinski definition) is 13. The van der Waals surface area contributed by atoms with E-state index in [1.54, 1.807) is 82.3 Å². The lowest BCUT2D eigenvalue weighted by Gasteiger charge is -2.35. The Morgan fingerprint density at radius 2 is 1.24 bits per heavy atom. The molecule has 0 unspecified atom stereocenters. The van der Waals surface area contributed by atoms with E-state index < -0.39 is 89.9 Å². The average molecular weight is 1180 g/mol. The molecular weight excluding hydrogens is 1090 g/mol. The molecule has 83 heavy (non-hydrogen) atoms. The number of thioether (sulfide) groups is 1. The molecule has 23 nitrogen and oxygen atoms in total. The first-order chi connectivity index (χ1) is 39.2. The van der Waals surface area contributed by atoms with E-state index in [1.807, 2.05) is 11.8 Å². The Balaban J connectivity index is 1.36. The van der Waals surface area contributed by atoms with Crippen LogP contribution in [0.25, 0.3) is 0 Å². The van der Waals surface area contributed by atoms with Crippen molar-refractivity contribution in [1.82, 2.24) is 47.9 Å². The Hall–Kier alpha value is -6.47. The number of amides is 8. The summed E-state index contributed by atoms with van der Waals surface area (Å²) in [6, 6.07) is 6.26. The van der Waals surface area contributed by atoms with Gasteiger partial charge in [0, 0.05) is 47.9 Å². The predicted octanol–water partition coefficient (Wildman–Crippen LogP) is 1.88. The first kappa shape index (κ1) is 69.0. The van der Waals surface area contributed by atoms with Gasteiger partial charge in [0.2, 0.25) is 35.4 Å². The number of carbonyl (C=O) groups excluding carboxylic acids is 9. The van der Waals surface area contributed by atoms with Crippen LogP contribution in [0.1, 0.15) is 148 Å². The minimum Gasteiger partial charge on any atom is -0.480 e. The molecule has 0 spiro atoms. The molecule has 24 heteroatoms. The molecule has 8 amide bonds. The minimum atomic E-state index is -1.72. The number of fused-ring (bicyclic) bond motifs is 1. The number of aliphatic carboxylic acids is 1. The van der Waals surface area contributed by atoms with Crippen molar-refractivity contribution in [1.29, 1.82) is 0 Å². The van der Waals surface area contributed by atoms with Crippen molar-refractivity contribution in [3.63, 3.8) is 0 Å². The number of carboxylic acid groups (broad SMARTS) is 1. The highest BCUT2D eigenvalue weighted by molar-refractivity contribution is 8.00. The van der Waals surface area contributed by atoms with Crippen LogP contribution in [0.4, 0.5) is 4.79 Å². The van der Waals surface area contributed by atoms with Crippen molar-refractivity contribution in [3.05, 3.63) is 71.3 Å². The fourth-order valence-corrected chi connectivity index (χ4v) is 12.0. The summed E-state index contributed by atoms with van der Waals surface area (Å²) in [4.78, 5) is 133. The van der Waals surface area contributed by atoms with Gasteiger partial charge in [-0.25, -0.2) is 9.59 Å². The Kier molecular flexibility index (Phi) is 27.6. The van der Waals surface area contributed by atoms with Gasteiger partial charge in [-0.05, 0) is 103 Å². The summed E-state index contributed by atoms with van der Waals surface area (Å²) in [7, 11) is 0. The second kappa shape index (κ2) is 33.1. The highest BCUT2D eigenvalue weighted by atomic mass is 32.2. The number of carbonyl (C=O) groups is 10. The van der Waals surface area contributed by atoms with Crippen molar-refractivity contribution in [2.45, 2.75) is 197 Å². The summed E-state index contributed by atoms with van der Waals surface area (Å²) in [5, 5.41) is 56.4. The molecule has 11 atom stereocenters. The molecule has 0 aromatic heterocycles. The molecule has 460 valence electrons. The molecule has 14 N–H and O–H groups in total. The van der Waals surface area contributed by atoms with Crippen LogP contribution in [0.3, 0.4) is 0 Å². The van der Waals surface area contributed by atoms with E-state index >= 15 is 0 Å². The van der Waals surface area contributed by atoms with Crippen LogP contribution >= 0.6 is 11.8 Å². The average Bonchev–Trinajstić information content (AvgIpc) is 2.31. The van der Waals surface area contributed by atoms with Crippen LogP contribution in [0.5, 0.6) is 0 Å². The quantitative estimate of drug-likeness (QED) is 0.0261. The number of carboxylic acids is 1. The molecule has 0 radical (unpaired) electrons. The first-order valence-corrected chi connectivity index (χ1v) is 30.0. The molecule has 2 heterocycles. The van der Waals surface area contributed by atoms with Gasteiger partial charge in [0.15, 0.2) is 5.78 Å². The van der Waals surface area contributed by atoms with Crippen molar-refractivity contribution >= 4 is 70.8 Å². The number of hydrogen-bond acceptors (Lipinski definition) is 15. The summed E-state index contributed by atoms with van der Waals surface area (Å²) >= 11 is 1.83. The van der Waals surface area contributed by atoms with Crippen LogP contribution in [0.15, 0.2) is 54.6 Å². The van der Waals surface area contributed by atoms with Gasteiger partial charge in [-0.15, -0.1) is 0 Å². The van der Waals surface area contributed by atoms with Crippen LogP contribution < -0.4 is 53.6 Å². The van der Waals surface area contributed by atoms with Gasteiger partial charge in [-0.2, -0.15) is 11.8 Å². The number of aliphatic hydroxyl groups is 2. The maximum Gasteiger partial charge on any atom is 0.326 e. The maximum absolute atomic E-state index is 14.4. The molecule has 0 bridgehead atoms. The van der Waals surface area contributed by atoms with Gasteiger partial charge < -0.3 is 63.6 Å². The van der Waals surface area contributed by atoms with Gasteiger partial charge in [-0.3, -0.25) is 43.7 Å². The summed E-state index contributed by atoms with van der Waals surface area (Å²) in [6.07, 6.45) is 1.74. The largest absolute Gasteiger partial charge is 0.480 e. The smallest absolute Gasteiger partial charge is 0.326 e. The third-order valence-electron chi connectivity index (χ3n) is 15.3. The zero-order valence-corrected chi connectivity index (χ0v) is 50.1. The van der Waals surface area contributed by atoms with Crippen molar-refractivity contribution in [3.8, 4) is 0 Å². The SMILES string of the molecule is CC(C)C[C@H](NC(=O)[C@H](CCCCN)NC(=O)[C@H](Cc1ccc(C(=O)c2ccccc2)cc1)NC(=O)[C@@H](NC(=O)[C@@H](NC(=O)[C@@H](NCC(=O)CCCCNC(=O)CCCC[C@@H]1SC[C@]2(C)NC(=O)N[C@]12C)[C@@H](C)O)C(C)C)[C@@H](C)O)C(=O)O. The van der Waals surface area contributed by atoms with E-state index in [4.69, 9.17) is 5.73 Å². The molecular formula is C59H90N10O13S. The predicted molar refractivity (Wildman–Crippen MR) is 315 cm³/mol. The lowest BCUT2D eigenvalue weighted by atomic mass is 9.79. The molecule has 2 fully saturated rings. The number of urea groups is 1. The van der Waals surface area contributed by atoms with E-state index in [0.717, 1.165) is 18.6 Å². The normalized spacial score (nSPS) is 20.2. The van der Waals surface area contributed by atoms with Crippen molar-refractivity contribution in [2.75, 3.05) is 25.4 Å². The molecule has 2 aromatic rings. The number of benzene rings is 2. The fraction of sp³-hybridized carbons (Fsp3) is 0.627. The lowest BCUT2D eigenvalue weighted by Crippen LogP contribution is -2.63.